The van der Waals surface area contributed by atoms with E-state index in [0.717, 1.165) is 28.8 Å². The molecule has 1 aliphatic carbocycles. The number of nitrogens with zero attached hydrogens (tertiary/aromatic N) is 1. The molecule has 2 fully saturated rings. The number of thiazole rings is 1. The van der Waals surface area contributed by atoms with E-state index in [0.29, 0.717) is 12.3 Å². The molecule has 4 rings (SSSR count). The van der Waals surface area contributed by atoms with Crippen LogP contribution < -0.4 is 10.1 Å². The van der Waals surface area contributed by atoms with Gasteiger partial charge in [-0.05, 0) is 30.5 Å². The summed E-state index contributed by atoms with van der Waals surface area (Å²) in [7, 11) is 0. The molecule has 1 aromatic heterocycles. The van der Waals surface area contributed by atoms with Crippen molar-refractivity contribution in [3.05, 3.63) is 46.4 Å². The van der Waals surface area contributed by atoms with Crippen molar-refractivity contribution in [3.63, 3.8) is 0 Å². The minimum absolute atomic E-state index is 0. The van der Waals surface area contributed by atoms with Gasteiger partial charge in [0.2, 0.25) is 5.12 Å². The maximum absolute atomic E-state index is 11.8. The van der Waals surface area contributed by atoms with Crippen LogP contribution in [0.4, 0.5) is 4.79 Å². The third-order valence-corrected chi connectivity index (χ3v) is 6.61. The summed E-state index contributed by atoms with van der Waals surface area (Å²) in [6.07, 6.45) is 6.69. The number of amides is 1. The van der Waals surface area contributed by atoms with Gasteiger partial charge in [0.25, 0.3) is 5.24 Å². The minimum atomic E-state index is -0.431. The molecule has 0 spiro atoms. The zero-order valence-corrected chi connectivity index (χ0v) is 16.6. The summed E-state index contributed by atoms with van der Waals surface area (Å²) in [5, 5.41) is 4.41. The van der Waals surface area contributed by atoms with Crippen molar-refractivity contribution < 1.29 is 14.3 Å². The summed E-state index contributed by atoms with van der Waals surface area (Å²) in [6, 6.07) is 7.41. The zero-order chi connectivity index (χ0) is 18.6. The van der Waals surface area contributed by atoms with Gasteiger partial charge in [-0.2, -0.15) is 0 Å². The van der Waals surface area contributed by atoms with E-state index < -0.39 is 6.04 Å². The summed E-state index contributed by atoms with van der Waals surface area (Å²) >= 11 is 2.36. The van der Waals surface area contributed by atoms with Gasteiger partial charge in [0.15, 0.2) is 0 Å². The van der Waals surface area contributed by atoms with Crippen LogP contribution in [-0.4, -0.2) is 50.9 Å². The van der Waals surface area contributed by atoms with E-state index >= 15 is 0 Å². The summed E-state index contributed by atoms with van der Waals surface area (Å²) < 4.78 is 6.36. The molecule has 1 N–H and O–H groups in total. The third kappa shape index (κ3) is 5.39. The maximum atomic E-state index is 11.8. The van der Waals surface area contributed by atoms with Crippen LogP contribution in [0.5, 0.6) is 5.75 Å². The second-order valence-corrected chi connectivity index (χ2v) is 8.80. The first-order valence-corrected chi connectivity index (χ1v) is 11.1. The molecule has 2 heterocycles. The van der Waals surface area contributed by atoms with Gasteiger partial charge in [-0.15, -0.1) is 11.3 Å². The number of carbonyl (C=O) groups excluding carboxylic acids is 2. The van der Waals surface area contributed by atoms with Crippen molar-refractivity contribution in [3.8, 4) is 5.75 Å². The molecular weight excluding hydrogens is 403 g/mol. The van der Waals surface area contributed by atoms with Crippen molar-refractivity contribution in [2.24, 2.45) is 5.92 Å². The molecule has 144 valence electrons. The predicted molar refractivity (Wildman–Crippen MR) is 114 cm³/mol. The number of thioether (sulfide) groups is 1. The number of benzene rings is 1. The van der Waals surface area contributed by atoms with Crippen LogP contribution in [0.2, 0.25) is 0 Å². The second kappa shape index (κ2) is 10.3. The zero-order valence-electron chi connectivity index (χ0n) is 14.9. The average Bonchev–Trinajstić information content (AvgIpc) is 3.32. The standard InChI is InChI=1S/C20H22N2O3S2.Na.H/c23-19-16(22-20(24)27-19)10-13-6-8-15(9-7-13)25-18(17-11-26-12-21-17)14-4-2-1-3-5-14;;/h6-9,11-12,14,16,18H,1-5,10H2,(H,22,24);;. The summed E-state index contributed by atoms with van der Waals surface area (Å²) in [6.45, 7) is 0. The van der Waals surface area contributed by atoms with Crippen LogP contribution in [-0.2, 0) is 11.2 Å². The van der Waals surface area contributed by atoms with Gasteiger partial charge < -0.3 is 10.1 Å². The molecule has 28 heavy (non-hydrogen) atoms. The monoisotopic (exact) mass is 426 g/mol. The Morgan fingerprint density at radius 2 is 1.89 bits per heavy atom. The fourth-order valence-corrected chi connectivity index (χ4v) is 5.06. The molecular formula is C20H23N2NaO3S2. The Hall–Kier alpha value is -0.860. The molecule has 2 aromatic rings. The van der Waals surface area contributed by atoms with Gasteiger partial charge in [-0.3, -0.25) is 9.59 Å². The van der Waals surface area contributed by atoms with Gasteiger partial charge in [-0.25, -0.2) is 4.98 Å². The SMILES string of the molecule is O=C1NC(Cc2ccc(OC(c3cscn3)C3CCCCC3)cc2)C(=O)S1.[NaH]. The van der Waals surface area contributed by atoms with E-state index in [1.165, 1.54) is 32.1 Å². The van der Waals surface area contributed by atoms with Gasteiger partial charge in [0.1, 0.15) is 17.9 Å². The Balaban J connectivity index is 0.00000225. The number of hydrogen-bond donors (Lipinski definition) is 1. The molecule has 0 radical (unpaired) electrons. The van der Waals surface area contributed by atoms with Crippen LogP contribution in [0.25, 0.3) is 0 Å². The second-order valence-electron chi connectivity index (χ2n) is 7.10. The van der Waals surface area contributed by atoms with Crippen molar-refractivity contribution in [2.45, 2.75) is 50.7 Å². The van der Waals surface area contributed by atoms with E-state index in [1.54, 1.807) is 11.3 Å². The molecule has 0 bridgehead atoms. The van der Waals surface area contributed by atoms with Crippen LogP contribution in [0.3, 0.4) is 0 Å². The van der Waals surface area contributed by atoms with Crippen molar-refractivity contribution in [1.82, 2.24) is 10.3 Å². The number of rotatable bonds is 6. The number of aromatic nitrogens is 1. The third-order valence-electron chi connectivity index (χ3n) is 5.22. The van der Waals surface area contributed by atoms with E-state index in [9.17, 15) is 9.59 Å². The fourth-order valence-electron chi connectivity index (χ4n) is 3.81. The van der Waals surface area contributed by atoms with Gasteiger partial charge in [0.05, 0.1) is 11.2 Å². The first kappa shape index (κ1) is 21.8. The fraction of sp³-hybridized carbons (Fsp3) is 0.450. The van der Waals surface area contributed by atoms with Crippen molar-refractivity contribution in [1.29, 1.82) is 0 Å². The number of hydrogen-bond acceptors (Lipinski definition) is 6. The number of nitrogens with one attached hydrogen (secondary N) is 1. The average molecular weight is 427 g/mol. The van der Waals surface area contributed by atoms with E-state index in [1.807, 2.05) is 29.8 Å². The molecule has 1 saturated carbocycles. The molecule has 2 atom stereocenters. The van der Waals surface area contributed by atoms with Crippen LogP contribution in [0.1, 0.15) is 49.5 Å². The van der Waals surface area contributed by atoms with Crippen LogP contribution in [0.15, 0.2) is 35.2 Å². The Morgan fingerprint density at radius 3 is 2.50 bits per heavy atom. The Morgan fingerprint density at radius 1 is 1.14 bits per heavy atom. The van der Waals surface area contributed by atoms with Crippen molar-refractivity contribution in [2.75, 3.05) is 0 Å². The molecule has 2 aliphatic rings. The molecule has 2 unspecified atom stereocenters. The molecule has 1 aromatic carbocycles. The van der Waals surface area contributed by atoms with Gasteiger partial charge in [-0.1, -0.05) is 31.4 Å². The molecule has 1 aliphatic heterocycles. The molecule has 1 amide bonds. The number of carbonyl (C=O) groups is 2. The first-order valence-electron chi connectivity index (χ1n) is 9.35. The van der Waals surface area contributed by atoms with Gasteiger partial charge >= 0.3 is 29.6 Å². The number of ether oxygens (including phenoxy) is 1. The van der Waals surface area contributed by atoms with Gasteiger partial charge in [0, 0.05) is 29.5 Å². The first-order chi connectivity index (χ1) is 13.2. The van der Waals surface area contributed by atoms with Crippen LogP contribution in [0, 0.1) is 5.92 Å². The van der Waals surface area contributed by atoms with E-state index in [2.05, 4.69) is 15.7 Å². The quantitative estimate of drug-likeness (QED) is 0.705. The summed E-state index contributed by atoms with van der Waals surface area (Å²) in [5.41, 5.74) is 3.89. The summed E-state index contributed by atoms with van der Waals surface area (Å²) in [5.74, 6) is 1.32. The molecule has 5 nitrogen and oxygen atoms in total. The van der Waals surface area contributed by atoms with Crippen LogP contribution >= 0.6 is 23.1 Å². The van der Waals surface area contributed by atoms with E-state index in [4.69, 9.17) is 4.74 Å². The Labute approximate surface area is 195 Å². The summed E-state index contributed by atoms with van der Waals surface area (Å²) in [4.78, 5) is 27.6. The Bertz CT molecular complexity index is 792. The predicted octanol–water partition coefficient (Wildman–Crippen LogP) is 4.09. The normalized spacial score (nSPS) is 21.1. The molecule has 1 saturated heterocycles. The van der Waals surface area contributed by atoms with E-state index in [-0.39, 0.29) is 46.0 Å². The van der Waals surface area contributed by atoms with Crippen molar-refractivity contribution >= 4 is 63.0 Å². The topological polar surface area (TPSA) is 68.3 Å². The Kier molecular flexibility index (Phi) is 8.00. The molecule has 8 heteroatoms.